The van der Waals surface area contributed by atoms with Gasteiger partial charge in [-0.3, -0.25) is 38.8 Å². The molecule has 2 rings (SSSR count). The first kappa shape index (κ1) is 29.2. The molecule has 0 aromatic heterocycles. The summed E-state index contributed by atoms with van der Waals surface area (Å²) in [6.45, 7) is 3.52. The van der Waals surface area contributed by atoms with Crippen LogP contribution in [0.4, 0.5) is 0 Å². The van der Waals surface area contributed by atoms with Gasteiger partial charge in [0.1, 0.15) is 0 Å². The van der Waals surface area contributed by atoms with Crippen molar-refractivity contribution >= 4 is 23.9 Å². The lowest BCUT2D eigenvalue weighted by Gasteiger charge is -2.36. The van der Waals surface area contributed by atoms with Gasteiger partial charge in [0.15, 0.2) is 0 Å². The summed E-state index contributed by atoms with van der Waals surface area (Å²) in [6, 6.07) is 7.62. The second-order valence-electron chi connectivity index (χ2n) is 9.18. The van der Waals surface area contributed by atoms with Crippen molar-refractivity contribution in [1.82, 2.24) is 19.6 Å². The molecule has 1 aliphatic rings. The van der Waals surface area contributed by atoms with Gasteiger partial charge in [0.2, 0.25) is 0 Å². The lowest BCUT2D eigenvalue weighted by atomic mass is 10.0. The Balaban J connectivity index is 2.33. The second-order valence-corrected chi connectivity index (χ2v) is 9.18. The number of aliphatic carboxylic acids is 4. The van der Waals surface area contributed by atoms with E-state index in [1.165, 1.54) is 4.90 Å². The minimum atomic E-state index is -1.13. The lowest BCUT2D eigenvalue weighted by Crippen LogP contribution is -2.51. The van der Waals surface area contributed by atoms with E-state index in [9.17, 15) is 39.6 Å². The first-order valence-electron chi connectivity index (χ1n) is 11.9. The summed E-state index contributed by atoms with van der Waals surface area (Å²) in [7, 11) is 0. The minimum absolute atomic E-state index is 0.171. The fourth-order valence-electron chi connectivity index (χ4n) is 4.39. The highest BCUT2D eigenvalue weighted by Gasteiger charge is 2.27. The molecule has 0 radical (unpaired) electrons. The summed E-state index contributed by atoms with van der Waals surface area (Å²) >= 11 is 0. The van der Waals surface area contributed by atoms with Crippen molar-refractivity contribution in [2.24, 2.45) is 0 Å². The molecule has 1 saturated heterocycles. The number of nitrogens with zero attached hydrogens (tertiary/aromatic N) is 4. The molecule has 200 valence electrons. The molecule has 0 aliphatic carbocycles. The molecule has 0 amide bonds. The van der Waals surface area contributed by atoms with Crippen molar-refractivity contribution in [2.45, 2.75) is 19.4 Å². The van der Waals surface area contributed by atoms with Gasteiger partial charge in [-0.2, -0.15) is 0 Å². The third-order valence-electron chi connectivity index (χ3n) is 6.15. The minimum Gasteiger partial charge on any atom is -0.480 e. The topological polar surface area (TPSA) is 162 Å². The van der Waals surface area contributed by atoms with Gasteiger partial charge in [-0.15, -0.1) is 0 Å². The van der Waals surface area contributed by atoms with E-state index in [1.54, 1.807) is 9.80 Å². The first-order chi connectivity index (χ1) is 17.0. The molecule has 0 saturated carbocycles. The maximum absolute atomic E-state index is 11.4. The van der Waals surface area contributed by atoms with Crippen LogP contribution in [-0.2, 0) is 25.6 Å². The average molecular weight is 509 g/mol. The molecule has 1 heterocycles. The Hall–Kier alpha value is -3.06. The first-order valence-corrected chi connectivity index (χ1v) is 11.9. The predicted octanol–water partition coefficient (Wildman–Crippen LogP) is -0.534. The number of rotatable bonds is 13. The van der Waals surface area contributed by atoms with Crippen molar-refractivity contribution in [3.8, 4) is 0 Å². The van der Waals surface area contributed by atoms with Crippen LogP contribution >= 0.6 is 0 Å². The van der Waals surface area contributed by atoms with E-state index in [2.05, 4.69) is 4.90 Å². The van der Waals surface area contributed by atoms with E-state index in [1.807, 2.05) is 31.2 Å². The summed E-state index contributed by atoms with van der Waals surface area (Å²) in [5.41, 5.74) is 2.09. The molecule has 1 fully saturated rings. The molecular weight excluding hydrogens is 472 g/mol. The Bertz CT molecular complexity index is 851. The number of aryl methyl sites for hydroxylation is 1. The van der Waals surface area contributed by atoms with Crippen LogP contribution in [0.1, 0.15) is 11.1 Å². The van der Waals surface area contributed by atoms with Crippen molar-refractivity contribution in [2.75, 3.05) is 72.0 Å². The van der Waals surface area contributed by atoms with Crippen LogP contribution in [-0.4, -0.2) is 142 Å². The number of carbonyl (C=O) groups is 4. The van der Waals surface area contributed by atoms with Crippen LogP contribution < -0.4 is 0 Å². The monoisotopic (exact) mass is 508 g/mol. The van der Waals surface area contributed by atoms with Crippen LogP contribution in [0.2, 0.25) is 0 Å². The molecule has 0 bridgehead atoms. The molecule has 1 aliphatic heterocycles. The Morgan fingerprint density at radius 1 is 0.750 bits per heavy atom. The van der Waals surface area contributed by atoms with Gasteiger partial charge in [0.05, 0.1) is 26.2 Å². The van der Waals surface area contributed by atoms with Crippen LogP contribution in [0.5, 0.6) is 0 Å². The van der Waals surface area contributed by atoms with E-state index in [-0.39, 0.29) is 25.7 Å². The smallest absolute Gasteiger partial charge is 0.317 e. The van der Waals surface area contributed by atoms with E-state index < -0.39 is 37.0 Å². The van der Waals surface area contributed by atoms with Gasteiger partial charge in [0.25, 0.3) is 0 Å². The Labute approximate surface area is 210 Å². The highest BCUT2D eigenvalue weighted by Crippen LogP contribution is 2.14. The maximum Gasteiger partial charge on any atom is 0.317 e. The van der Waals surface area contributed by atoms with Crippen molar-refractivity contribution in [1.29, 1.82) is 0 Å². The summed E-state index contributed by atoms with van der Waals surface area (Å²) in [5, 5.41) is 37.3. The Kier molecular flexibility index (Phi) is 11.7. The van der Waals surface area contributed by atoms with Gasteiger partial charge in [-0.1, -0.05) is 29.8 Å². The third kappa shape index (κ3) is 11.1. The fraction of sp³-hybridized carbons (Fsp3) is 0.583. The zero-order valence-corrected chi connectivity index (χ0v) is 20.6. The molecule has 0 spiro atoms. The fourth-order valence-corrected chi connectivity index (χ4v) is 4.39. The van der Waals surface area contributed by atoms with Crippen molar-refractivity contribution in [3.05, 3.63) is 35.4 Å². The predicted molar refractivity (Wildman–Crippen MR) is 130 cm³/mol. The third-order valence-corrected chi connectivity index (χ3v) is 6.15. The molecule has 1 aromatic carbocycles. The van der Waals surface area contributed by atoms with Crippen molar-refractivity contribution < 1.29 is 39.6 Å². The van der Waals surface area contributed by atoms with E-state index in [4.69, 9.17) is 0 Å². The summed E-state index contributed by atoms with van der Waals surface area (Å²) in [5.74, 6) is -4.21. The number of carboxylic acid groups (broad SMARTS) is 4. The zero-order valence-electron chi connectivity index (χ0n) is 20.6. The average Bonchev–Trinajstić information content (AvgIpc) is 2.84. The highest BCUT2D eigenvalue weighted by atomic mass is 16.4. The number of benzene rings is 1. The second kappa shape index (κ2) is 14.5. The largest absolute Gasteiger partial charge is 0.480 e. The van der Waals surface area contributed by atoms with Gasteiger partial charge in [0, 0.05) is 51.9 Å². The molecule has 1 unspecified atom stereocenters. The zero-order chi connectivity index (χ0) is 26.7. The SMILES string of the molecule is Cc1ccc(CC(CN(CC(=O)O)CC(=O)O)N2CCN(CC(=O)O)CCN(CC(=O)O)CC2)cc1. The van der Waals surface area contributed by atoms with Crippen LogP contribution in [0, 0.1) is 6.92 Å². The molecule has 36 heavy (non-hydrogen) atoms. The molecule has 4 N–H and O–H groups in total. The lowest BCUT2D eigenvalue weighted by molar-refractivity contribution is -0.142. The summed E-state index contributed by atoms with van der Waals surface area (Å²) in [4.78, 5) is 52.5. The van der Waals surface area contributed by atoms with E-state index in [0.717, 1.165) is 11.1 Å². The van der Waals surface area contributed by atoms with Crippen LogP contribution in [0.15, 0.2) is 24.3 Å². The van der Waals surface area contributed by atoms with E-state index in [0.29, 0.717) is 45.7 Å². The molecule has 12 nitrogen and oxygen atoms in total. The summed E-state index contributed by atoms with van der Waals surface area (Å²) < 4.78 is 0. The van der Waals surface area contributed by atoms with Gasteiger partial charge >= 0.3 is 23.9 Å². The molecule has 1 aromatic rings. The Morgan fingerprint density at radius 3 is 1.61 bits per heavy atom. The van der Waals surface area contributed by atoms with Crippen molar-refractivity contribution in [3.63, 3.8) is 0 Å². The Morgan fingerprint density at radius 2 is 1.19 bits per heavy atom. The highest BCUT2D eigenvalue weighted by molar-refractivity contribution is 5.72. The van der Waals surface area contributed by atoms with E-state index >= 15 is 0 Å². The number of hydrogen-bond donors (Lipinski definition) is 4. The molecular formula is C24H36N4O8. The van der Waals surface area contributed by atoms with Crippen LogP contribution in [0.3, 0.4) is 0 Å². The molecule has 1 atom stereocenters. The number of carboxylic acids is 4. The van der Waals surface area contributed by atoms with Crippen LogP contribution in [0.25, 0.3) is 0 Å². The maximum atomic E-state index is 11.4. The van der Waals surface area contributed by atoms with Gasteiger partial charge in [-0.05, 0) is 18.9 Å². The quantitative estimate of drug-likeness (QED) is 0.270. The molecule has 12 heteroatoms. The normalized spacial score (nSPS) is 17.2. The summed E-state index contributed by atoms with van der Waals surface area (Å²) in [6.07, 6.45) is 0.522. The standard InChI is InChI=1S/C24H36N4O8/c1-18-2-4-19(5-3-18)12-20(13-27(16-23(33)34)17-24(35)36)28-10-8-25(14-21(29)30)6-7-26(9-11-28)15-22(31)32/h2-5,20H,6-17H2,1H3,(H,29,30)(H,31,32)(H,33,34)(H,35,36). The van der Waals surface area contributed by atoms with Gasteiger partial charge in [-0.25, -0.2) is 0 Å². The number of hydrogen-bond acceptors (Lipinski definition) is 8. The van der Waals surface area contributed by atoms with Gasteiger partial charge < -0.3 is 20.4 Å².